The number of nitriles is 1. The third-order valence-corrected chi connectivity index (χ3v) is 3.31. The van der Waals surface area contributed by atoms with Crippen molar-refractivity contribution in [3.8, 4) is 6.07 Å². The van der Waals surface area contributed by atoms with Crippen molar-refractivity contribution in [1.82, 2.24) is 0 Å². The van der Waals surface area contributed by atoms with Gasteiger partial charge in [0, 0.05) is 12.6 Å². The lowest BCUT2D eigenvalue weighted by atomic mass is 10.1. The van der Waals surface area contributed by atoms with Gasteiger partial charge < -0.3 is 10.0 Å². The summed E-state index contributed by atoms with van der Waals surface area (Å²) in [7, 11) is 0. The van der Waals surface area contributed by atoms with Crippen LogP contribution in [-0.4, -0.2) is 29.2 Å². The second-order valence-corrected chi connectivity index (χ2v) is 4.33. The smallest absolute Gasteiger partial charge is 0.290 e. The highest BCUT2D eigenvalue weighted by Crippen LogP contribution is 2.33. The van der Waals surface area contributed by atoms with E-state index in [2.05, 4.69) is 0 Å². The summed E-state index contributed by atoms with van der Waals surface area (Å²) in [5.74, 6) is -0.892. The Morgan fingerprint density at radius 1 is 1.63 bits per heavy atom. The van der Waals surface area contributed by atoms with Crippen LogP contribution in [0.3, 0.4) is 0 Å². The van der Waals surface area contributed by atoms with Crippen molar-refractivity contribution >= 4 is 11.4 Å². The topological polar surface area (TPSA) is 90.4 Å². The van der Waals surface area contributed by atoms with Gasteiger partial charge in [0.05, 0.1) is 23.3 Å². The van der Waals surface area contributed by atoms with Gasteiger partial charge in [-0.2, -0.15) is 5.26 Å². The Hall–Kier alpha value is -2.20. The molecule has 0 saturated carbocycles. The summed E-state index contributed by atoms with van der Waals surface area (Å²) in [6.45, 7) is 0.448. The molecule has 1 aromatic carbocycles. The molecule has 100 valence electrons. The molecule has 0 aliphatic carbocycles. The molecule has 0 amide bonds. The molecule has 1 atom stereocenters. The Labute approximate surface area is 108 Å². The lowest BCUT2D eigenvalue weighted by molar-refractivity contribution is -0.385. The van der Waals surface area contributed by atoms with E-state index in [0.717, 1.165) is 18.9 Å². The first-order valence-electron chi connectivity index (χ1n) is 5.84. The van der Waals surface area contributed by atoms with Gasteiger partial charge in [-0.1, -0.05) is 0 Å². The number of aliphatic hydroxyl groups is 1. The average molecular weight is 265 g/mol. The van der Waals surface area contributed by atoms with E-state index < -0.39 is 22.0 Å². The van der Waals surface area contributed by atoms with Gasteiger partial charge in [0.1, 0.15) is 6.07 Å². The molecule has 0 radical (unpaired) electrons. The van der Waals surface area contributed by atoms with E-state index in [4.69, 9.17) is 5.26 Å². The monoisotopic (exact) mass is 265 g/mol. The molecule has 7 heteroatoms. The summed E-state index contributed by atoms with van der Waals surface area (Å²) in [5.41, 5.74) is -0.965. The number of nitro benzene ring substituents is 1. The van der Waals surface area contributed by atoms with Crippen molar-refractivity contribution in [3.63, 3.8) is 0 Å². The number of hydrogen-bond acceptors (Lipinski definition) is 5. The van der Waals surface area contributed by atoms with E-state index in [1.807, 2.05) is 0 Å². The Bertz CT molecular complexity index is 556. The summed E-state index contributed by atoms with van der Waals surface area (Å²) >= 11 is 0. The van der Waals surface area contributed by atoms with Crippen LogP contribution in [0.25, 0.3) is 0 Å². The molecular weight excluding hydrogens is 253 g/mol. The molecule has 1 aliphatic rings. The van der Waals surface area contributed by atoms with Gasteiger partial charge in [0.25, 0.3) is 5.69 Å². The predicted octanol–water partition coefficient (Wildman–Crippen LogP) is 1.57. The van der Waals surface area contributed by atoms with Crippen LogP contribution in [0.5, 0.6) is 0 Å². The van der Waals surface area contributed by atoms with Crippen molar-refractivity contribution in [2.24, 2.45) is 0 Å². The zero-order chi connectivity index (χ0) is 14.0. The first-order chi connectivity index (χ1) is 9.10. The Balaban J connectivity index is 2.49. The average Bonchev–Trinajstić information content (AvgIpc) is 2.86. The molecule has 2 rings (SSSR count). The Morgan fingerprint density at radius 3 is 2.95 bits per heavy atom. The number of nitro groups is 1. The zero-order valence-electron chi connectivity index (χ0n) is 10.0. The molecule has 0 unspecified atom stereocenters. The minimum atomic E-state index is -0.892. The Morgan fingerprint density at radius 2 is 2.37 bits per heavy atom. The maximum atomic E-state index is 14.2. The molecule has 1 aliphatic heterocycles. The summed E-state index contributed by atoms with van der Waals surface area (Å²) in [5, 5.41) is 28.8. The van der Waals surface area contributed by atoms with E-state index in [9.17, 15) is 19.6 Å². The third kappa shape index (κ3) is 2.22. The van der Waals surface area contributed by atoms with Crippen LogP contribution in [0.15, 0.2) is 12.1 Å². The summed E-state index contributed by atoms with van der Waals surface area (Å²) < 4.78 is 14.2. The van der Waals surface area contributed by atoms with Crippen LogP contribution in [-0.2, 0) is 0 Å². The van der Waals surface area contributed by atoms with Crippen LogP contribution in [0.1, 0.15) is 18.4 Å². The molecule has 1 aromatic rings. The van der Waals surface area contributed by atoms with Gasteiger partial charge >= 0.3 is 0 Å². The van der Waals surface area contributed by atoms with E-state index in [0.29, 0.717) is 6.54 Å². The molecular formula is C12H12FN3O3. The molecule has 1 saturated heterocycles. The molecule has 0 spiro atoms. The summed E-state index contributed by atoms with van der Waals surface area (Å²) in [6.07, 6.45) is 1.54. The maximum Gasteiger partial charge on any atom is 0.290 e. The third-order valence-electron chi connectivity index (χ3n) is 3.31. The van der Waals surface area contributed by atoms with Gasteiger partial charge in [-0.25, -0.2) is 4.39 Å². The molecule has 0 bridgehead atoms. The highest BCUT2D eigenvalue weighted by molar-refractivity contribution is 5.62. The largest absolute Gasteiger partial charge is 0.394 e. The van der Waals surface area contributed by atoms with Gasteiger partial charge in [-0.3, -0.25) is 10.1 Å². The number of anilines is 1. The number of rotatable bonds is 3. The van der Waals surface area contributed by atoms with Crippen molar-refractivity contribution < 1.29 is 14.4 Å². The fraction of sp³-hybridized carbons (Fsp3) is 0.417. The molecule has 19 heavy (non-hydrogen) atoms. The first kappa shape index (κ1) is 13.2. The fourth-order valence-electron chi connectivity index (χ4n) is 2.38. The first-order valence-corrected chi connectivity index (χ1v) is 5.84. The van der Waals surface area contributed by atoms with Crippen molar-refractivity contribution in [2.45, 2.75) is 18.9 Å². The molecule has 1 N–H and O–H groups in total. The molecule has 6 nitrogen and oxygen atoms in total. The van der Waals surface area contributed by atoms with Gasteiger partial charge in [-0.15, -0.1) is 0 Å². The number of aliphatic hydroxyl groups excluding tert-OH is 1. The van der Waals surface area contributed by atoms with Crippen LogP contribution >= 0.6 is 0 Å². The lowest BCUT2D eigenvalue weighted by Crippen LogP contribution is -2.32. The normalized spacial score (nSPS) is 18.4. The van der Waals surface area contributed by atoms with Crippen molar-refractivity contribution in [2.75, 3.05) is 18.1 Å². The van der Waals surface area contributed by atoms with Gasteiger partial charge in [0.2, 0.25) is 0 Å². The van der Waals surface area contributed by atoms with Gasteiger partial charge in [-0.05, 0) is 18.9 Å². The highest BCUT2D eigenvalue weighted by Gasteiger charge is 2.29. The quantitative estimate of drug-likeness (QED) is 0.661. The number of benzene rings is 1. The van der Waals surface area contributed by atoms with Crippen LogP contribution < -0.4 is 4.90 Å². The van der Waals surface area contributed by atoms with Crippen molar-refractivity contribution in [3.05, 3.63) is 33.6 Å². The number of halogens is 1. The predicted molar refractivity (Wildman–Crippen MR) is 65.2 cm³/mol. The van der Waals surface area contributed by atoms with Gasteiger partial charge in [0.15, 0.2) is 11.4 Å². The van der Waals surface area contributed by atoms with E-state index in [1.165, 1.54) is 12.1 Å². The maximum absolute atomic E-state index is 14.2. The molecule has 1 heterocycles. The summed E-state index contributed by atoms with van der Waals surface area (Å²) in [6, 6.07) is 3.75. The minimum absolute atomic E-state index is 0.113. The second kappa shape index (κ2) is 5.20. The minimum Gasteiger partial charge on any atom is -0.394 e. The highest BCUT2D eigenvalue weighted by atomic mass is 19.1. The SMILES string of the molecule is N#Cc1c([N+](=O)[O-])ccc(N2CCC[C@@H]2CO)c1F. The van der Waals surface area contributed by atoms with E-state index in [-0.39, 0.29) is 18.3 Å². The number of nitrogens with zero attached hydrogens (tertiary/aromatic N) is 3. The van der Waals surface area contributed by atoms with Crippen LogP contribution in [0, 0.1) is 27.3 Å². The van der Waals surface area contributed by atoms with E-state index in [1.54, 1.807) is 4.90 Å². The van der Waals surface area contributed by atoms with Crippen molar-refractivity contribution in [1.29, 1.82) is 5.26 Å². The van der Waals surface area contributed by atoms with Crippen LogP contribution in [0.4, 0.5) is 15.8 Å². The Kier molecular flexibility index (Phi) is 3.62. The van der Waals surface area contributed by atoms with E-state index >= 15 is 0 Å². The standard InChI is InChI=1S/C12H12FN3O3/c13-12-9(6-14)10(16(18)19)3-4-11(12)15-5-1-2-8(15)7-17/h3-4,8,17H,1-2,5,7H2/t8-/m1/s1. The molecule has 1 fully saturated rings. The summed E-state index contributed by atoms with van der Waals surface area (Å²) in [4.78, 5) is 11.6. The lowest BCUT2D eigenvalue weighted by Gasteiger charge is -2.25. The van der Waals surface area contributed by atoms with Crippen LogP contribution in [0.2, 0.25) is 0 Å². The fourth-order valence-corrected chi connectivity index (χ4v) is 2.38. The second-order valence-electron chi connectivity index (χ2n) is 4.33. The molecule has 0 aromatic heterocycles. The zero-order valence-corrected chi connectivity index (χ0v) is 10.0. The number of hydrogen-bond donors (Lipinski definition) is 1.